The van der Waals surface area contributed by atoms with E-state index in [1.807, 2.05) is 0 Å². The number of carbonyl (C=O) groups is 1. The van der Waals surface area contributed by atoms with Crippen LogP contribution in [0.3, 0.4) is 0 Å². The average molecular weight is 298 g/mol. The number of halogens is 5. The third kappa shape index (κ3) is 3.41. The highest BCUT2D eigenvalue weighted by molar-refractivity contribution is 5.73. The average Bonchev–Trinajstić information content (AvgIpc) is 2.36. The summed E-state index contributed by atoms with van der Waals surface area (Å²) in [6.07, 6.45) is -8.55. The Bertz CT molecular complexity index is 502. The maximum atomic E-state index is 13.0. The molecule has 1 aromatic heterocycles. The van der Waals surface area contributed by atoms with Crippen molar-refractivity contribution in [3.05, 3.63) is 28.6 Å². The molecule has 0 radical (unpaired) electrons. The van der Waals surface area contributed by atoms with Gasteiger partial charge in [0.15, 0.2) is 0 Å². The highest BCUT2D eigenvalue weighted by Gasteiger charge is 2.40. The summed E-state index contributed by atoms with van der Waals surface area (Å²) in [5.41, 5.74) is 1.03. The molecule has 0 atom stereocenters. The van der Waals surface area contributed by atoms with E-state index in [0.717, 1.165) is 7.11 Å². The number of methoxy groups -OCH3 is 1. The number of nitrogens with zero attached hydrogens (tertiary/aromatic N) is 1. The minimum Gasteiger partial charge on any atom is -0.469 e. The molecule has 1 rings (SSSR count). The highest BCUT2D eigenvalue weighted by atomic mass is 19.4. The van der Waals surface area contributed by atoms with E-state index in [2.05, 4.69) is 9.72 Å². The van der Waals surface area contributed by atoms with Crippen molar-refractivity contribution in [3.63, 3.8) is 0 Å². The molecule has 2 N–H and O–H groups in total. The maximum Gasteiger partial charge on any atom is 0.417 e. The number of carbonyl (C=O) groups excluding carboxylic acids is 1. The van der Waals surface area contributed by atoms with Crippen molar-refractivity contribution in [2.75, 3.05) is 7.11 Å². The SMILES string of the molecule is COC(=O)Cc1cnc(CN)c(C(F)F)c1C(F)(F)F. The lowest BCUT2D eigenvalue weighted by Crippen LogP contribution is -2.20. The molecule has 0 fully saturated rings. The number of aromatic nitrogens is 1. The quantitative estimate of drug-likeness (QED) is 0.683. The molecular weight excluding hydrogens is 287 g/mol. The van der Waals surface area contributed by atoms with Crippen LogP contribution in [0.2, 0.25) is 0 Å². The van der Waals surface area contributed by atoms with Crippen LogP contribution >= 0.6 is 0 Å². The van der Waals surface area contributed by atoms with Crippen LogP contribution in [0.15, 0.2) is 6.20 Å². The number of ether oxygens (including phenoxy) is 1. The van der Waals surface area contributed by atoms with Crippen LogP contribution in [0.4, 0.5) is 22.0 Å². The third-order valence-electron chi connectivity index (χ3n) is 2.54. The van der Waals surface area contributed by atoms with E-state index in [-0.39, 0.29) is 0 Å². The Labute approximate surface area is 110 Å². The van der Waals surface area contributed by atoms with Gasteiger partial charge < -0.3 is 10.5 Å². The Hall–Kier alpha value is -1.77. The molecule has 20 heavy (non-hydrogen) atoms. The van der Waals surface area contributed by atoms with E-state index in [9.17, 15) is 26.7 Å². The van der Waals surface area contributed by atoms with Crippen LogP contribution in [-0.4, -0.2) is 18.1 Å². The van der Waals surface area contributed by atoms with Gasteiger partial charge >= 0.3 is 12.1 Å². The normalized spacial score (nSPS) is 11.8. The Morgan fingerprint density at radius 1 is 1.45 bits per heavy atom. The minimum absolute atomic E-state index is 0.555. The molecule has 0 saturated carbocycles. The summed E-state index contributed by atoms with van der Waals surface area (Å²) in [7, 11) is 0.977. The first kappa shape index (κ1) is 16.3. The van der Waals surface area contributed by atoms with Crippen molar-refractivity contribution in [1.82, 2.24) is 4.98 Å². The summed E-state index contributed by atoms with van der Waals surface area (Å²) >= 11 is 0. The first-order valence-corrected chi connectivity index (χ1v) is 5.35. The van der Waals surface area contributed by atoms with E-state index in [1.165, 1.54) is 0 Å². The monoisotopic (exact) mass is 298 g/mol. The molecule has 0 bridgehead atoms. The van der Waals surface area contributed by atoms with E-state index in [4.69, 9.17) is 5.73 Å². The highest BCUT2D eigenvalue weighted by Crippen LogP contribution is 2.39. The lowest BCUT2D eigenvalue weighted by molar-refractivity contribution is -0.142. The summed E-state index contributed by atoms with van der Waals surface area (Å²) in [5, 5.41) is 0. The zero-order valence-electron chi connectivity index (χ0n) is 10.3. The van der Waals surface area contributed by atoms with Gasteiger partial charge in [0.2, 0.25) is 0 Å². The number of nitrogens with two attached hydrogens (primary N) is 1. The molecule has 0 amide bonds. The molecular formula is C11H11F5N2O2. The molecule has 4 nitrogen and oxygen atoms in total. The van der Waals surface area contributed by atoms with Crippen molar-refractivity contribution in [1.29, 1.82) is 0 Å². The van der Waals surface area contributed by atoms with Crippen molar-refractivity contribution < 1.29 is 31.5 Å². The van der Waals surface area contributed by atoms with Gasteiger partial charge in [0.1, 0.15) is 0 Å². The molecule has 0 saturated heterocycles. The van der Waals surface area contributed by atoms with Crippen LogP contribution in [0.25, 0.3) is 0 Å². The van der Waals surface area contributed by atoms with Gasteiger partial charge in [-0.1, -0.05) is 0 Å². The zero-order chi connectivity index (χ0) is 15.5. The third-order valence-corrected chi connectivity index (χ3v) is 2.54. The number of pyridine rings is 1. The number of alkyl halides is 5. The van der Waals surface area contributed by atoms with Crippen molar-refractivity contribution in [2.24, 2.45) is 5.73 Å². The van der Waals surface area contributed by atoms with Gasteiger partial charge in [-0.25, -0.2) is 8.78 Å². The fourth-order valence-electron chi connectivity index (χ4n) is 1.70. The predicted octanol–water partition coefficient (Wildman–Crippen LogP) is 2.21. The molecule has 112 valence electrons. The fraction of sp³-hybridized carbons (Fsp3) is 0.455. The Morgan fingerprint density at radius 2 is 2.05 bits per heavy atom. The van der Waals surface area contributed by atoms with E-state index in [0.29, 0.717) is 6.20 Å². The van der Waals surface area contributed by atoms with Gasteiger partial charge in [-0.2, -0.15) is 13.2 Å². The zero-order valence-corrected chi connectivity index (χ0v) is 10.3. The molecule has 0 aliphatic carbocycles. The molecule has 0 aliphatic rings. The summed E-state index contributed by atoms with van der Waals surface area (Å²) < 4.78 is 69.0. The smallest absolute Gasteiger partial charge is 0.417 e. The predicted molar refractivity (Wildman–Crippen MR) is 57.8 cm³/mol. The van der Waals surface area contributed by atoms with Crippen LogP contribution < -0.4 is 5.73 Å². The second-order valence-electron chi connectivity index (χ2n) is 3.77. The summed E-state index contributed by atoms with van der Waals surface area (Å²) in [5.74, 6) is -0.988. The molecule has 0 aromatic carbocycles. The molecule has 1 aromatic rings. The van der Waals surface area contributed by atoms with Crippen LogP contribution in [-0.2, 0) is 28.7 Å². The Kier molecular flexibility index (Phi) is 4.98. The molecule has 0 spiro atoms. The van der Waals surface area contributed by atoms with Crippen LogP contribution in [0.1, 0.15) is 28.8 Å². The Balaban J connectivity index is 3.53. The van der Waals surface area contributed by atoms with Crippen molar-refractivity contribution in [3.8, 4) is 0 Å². The number of hydrogen-bond donors (Lipinski definition) is 1. The van der Waals surface area contributed by atoms with Gasteiger partial charge in [0.25, 0.3) is 6.43 Å². The second-order valence-corrected chi connectivity index (χ2v) is 3.77. The Morgan fingerprint density at radius 3 is 2.45 bits per heavy atom. The molecule has 9 heteroatoms. The number of hydrogen-bond acceptors (Lipinski definition) is 4. The number of rotatable bonds is 4. The summed E-state index contributed by atoms with van der Waals surface area (Å²) in [6, 6.07) is 0. The minimum atomic E-state index is -5.05. The maximum absolute atomic E-state index is 13.0. The van der Waals surface area contributed by atoms with Gasteiger partial charge in [0, 0.05) is 12.7 Å². The lowest BCUT2D eigenvalue weighted by atomic mass is 9.98. The van der Waals surface area contributed by atoms with Crippen LogP contribution in [0, 0.1) is 0 Å². The molecule has 0 aliphatic heterocycles. The number of esters is 1. The summed E-state index contributed by atoms with van der Waals surface area (Å²) in [4.78, 5) is 14.5. The second kappa shape index (κ2) is 6.12. The summed E-state index contributed by atoms with van der Waals surface area (Å²) in [6.45, 7) is -0.568. The van der Waals surface area contributed by atoms with E-state index in [1.54, 1.807) is 0 Å². The standard InChI is InChI=1S/C11H11F5N2O2/c1-20-7(19)2-5-4-18-6(3-17)8(10(12)13)9(5)11(14,15)16/h4,10H,2-3,17H2,1H3. The fourth-order valence-corrected chi connectivity index (χ4v) is 1.70. The van der Waals surface area contributed by atoms with Gasteiger partial charge in [0.05, 0.1) is 30.4 Å². The molecule has 0 unspecified atom stereocenters. The first-order valence-electron chi connectivity index (χ1n) is 5.35. The molecule has 1 heterocycles. The first-order chi connectivity index (χ1) is 9.22. The van der Waals surface area contributed by atoms with Gasteiger partial charge in [-0.15, -0.1) is 0 Å². The largest absolute Gasteiger partial charge is 0.469 e. The van der Waals surface area contributed by atoms with E-state index < -0.39 is 53.9 Å². The van der Waals surface area contributed by atoms with Crippen molar-refractivity contribution in [2.45, 2.75) is 25.6 Å². The van der Waals surface area contributed by atoms with E-state index >= 15 is 0 Å². The topological polar surface area (TPSA) is 65.2 Å². The van der Waals surface area contributed by atoms with Crippen LogP contribution in [0.5, 0.6) is 0 Å². The van der Waals surface area contributed by atoms with Crippen molar-refractivity contribution >= 4 is 5.97 Å². The van der Waals surface area contributed by atoms with Gasteiger partial charge in [-0.05, 0) is 5.56 Å². The lowest BCUT2D eigenvalue weighted by Gasteiger charge is -2.18. The van der Waals surface area contributed by atoms with Gasteiger partial charge in [-0.3, -0.25) is 9.78 Å².